The van der Waals surface area contributed by atoms with Gasteiger partial charge in [-0.25, -0.2) is 4.79 Å². The van der Waals surface area contributed by atoms with Gasteiger partial charge in [0.1, 0.15) is 11.4 Å². The Hall–Kier alpha value is -2.54. The molecule has 190 valence electrons. The van der Waals surface area contributed by atoms with Gasteiger partial charge in [0.05, 0.1) is 24.8 Å². The number of nitrogens with zero attached hydrogens (tertiary/aromatic N) is 1. The van der Waals surface area contributed by atoms with E-state index in [2.05, 4.69) is 18.3 Å². The lowest BCUT2D eigenvalue weighted by molar-refractivity contribution is -0.131. The van der Waals surface area contributed by atoms with Crippen molar-refractivity contribution in [2.24, 2.45) is 5.92 Å². The van der Waals surface area contributed by atoms with Gasteiger partial charge in [-0.05, 0) is 58.7 Å². The number of carbonyl (C=O) groups excluding carboxylic acids is 2. The number of likely N-dealkylation sites (tertiary alicyclic amines) is 1. The molecule has 1 aromatic rings. The van der Waals surface area contributed by atoms with Crippen molar-refractivity contribution in [3.05, 3.63) is 42.0 Å². The van der Waals surface area contributed by atoms with Gasteiger partial charge < -0.3 is 24.4 Å². The predicted molar refractivity (Wildman–Crippen MR) is 134 cm³/mol. The van der Waals surface area contributed by atoms with Crippen LogP contribution in [0.2, 0.25) is 0 Å². The van der Waals surface area contributed by atoms with Crippen LogP contribution in [-0.2, 0) is 20.8 Å². The molecule has 0 saturated carbocycles. The summed E-state index contributed by atoms with van der Waals surface area (Å²) >= 11 is 0. The second kappa shape index (κ2) is 11.7. The predicted octanol–water partition coefficient (Wildman–Crippen LogP) is 5.09. The van der Waals surface area contributed by atoms with Gasteiger partial charge in [0, 0.05) is 26.0 Å². The fraction of sp³-hybridized carbons (Fsp3) is 0.630. The summed E-state index contributed by atoms with van der Waals surface area (Å²) in [7, 11) is 3.29. The van der Waals surface area contributed by atoms with E-state index in [1.165, 1.54) is 0 Å². The largest absolute Gasteiger partial charge is 0.497 e. The lowest BCUT2D eigenvalue weighted by Crippen LogP contribution is -2.63. The van der Waals surface area contributed by atoms with E-state index < -0.39 is 23.3 Å². The minimum atomic E-state index is -0.696. The number of alkyl carbamates (subject to hydrolysis) is 1. The molecule has 7 nitrogen and oxygen atoms in total. The van der Waals surface area contributed by atoms with Gasteiger partial charge >= 0.3 is 6.09 Å². The van der Waals surface area contributed by atoms with Crippen LogP contribution in [0.25, 0.3) is 0 Å². The van der Waals surface area contributed by atoms with Crippen molar-refractivity contribution >= 4 is 12.0 Å². The number of ether oxygens (including phenoxy) is 3. The molecule has 2 rings (SSSR count). The van der Waals surface area contributed by atoms with Crippen molar-refractivity contribution in [2.75, 3.05) is 14.2 Å². The summed E-state index contributed by atoms with van der Waals surface area (Å²) in [6.07, 6.45) is 5.47. The number of carbonyl (C=O) groups is 2. The molecule has 2 amide bonds. The number of hydrogen-bond acceptors (Lipinski definition) is 5. The maximum Gasteiger partial charge on any atom is 0.408 e. The van der Waals surface area contributed by atoms with Gasteiger partial charge in [-0.2, -0.15) is 0 Å². The van der Waals surface area contributed by atoms with E-state index in [1.807, 2.05) is 69.9 Å². The summed E-state index contributed by atoms with van der Waals surface area (Å²) in [4.78, 5) is 28.1. The highest BCUT2D eigenvalue weighted by Gasteiger charge is 2.50. The lowest BCUT2D eigenvalue weighted by atomic mass is 9.81. The Labute approximate surface area is 204 Å². The molecule has 0 spiro atoms. The van der Waals surface area contributed by atoms with Crippen LogP contribution < -0.4 is 10.1 Å². The van der Waals surface area contributed by atoms with E-state index >= 15 is 0 Å². The highest BCUT2D eigenvalue weighted by Crippen LogP contribution is 2.37. The number of methoxy groups -OCH3 is 2. The second-order valence-corrected chi connectivity index (χ2v) is 10.1. The van der Waals surface area contributed by atoms with Crippen LogP contribution in [0.15, 0.2) is 36.4 Å². The van der Waals surface area contributed by atoms with Crippen molar-refractivity contribution in [3.63, 3.8) is 0 Å². The minimum absolute atomic E-state index is 0.0508. The number of hydrogen-bond donors (Lipinski definition) is 1. The van der Waals surface area contributed by atoms with Gasteiger partial charge in [0.25, 0.3) is 0 Å². The van der Waals surface area contributed by atoms with E-state index in [0.29, 0.717) is 19.4 Å². The van der Waals surface area contributed by atoms with Crippen LogP contribution in [0.3, 0.4) is 0 Å². The molecular formula is C27H42N2O5. The molecule has 0 radical (unpaired) electrons. The van der Waals surface area contributed by atoms with Gasteiger partial charge in [0.2, 0.25) is 5.91 Å². The zero-order chi connectivity index (χ0) is 25.5. The van der Waals surface area contributed by atoms with Crippen LogP contribution in [0.4, 0.5) is 4.79 Å². The summed E-state index contributed by atoms with van der Waals surface area (Å²) in [5.41, 5.74) is -0.343. The Morgan fingerprint density at radius 1 is 1.21 bits per heavy atom. The van der Waals surface area contributed by atoms with Crippen molar-refractivity contribution in [1.29, 1.82) is 0 Å². The normalized spacial score (nSPS) is 21.4. The van der Waals surface area contributed by atoms with Crippen LogP contribution >= 0.6 is 0 Å². The van der Waals surface area contributed by atoms with Crippen LogP contribution in [0.5, 0.6) is 5.75 Å². The summed E-state index contributed by atoms with van der Waals surface area (Å²) in [5.74, 6) is 0.746. The molecule has 1 fully saturated rings. The van der Waals surface area contributed by atoms with E-state index in [0.717, 1.165) is 17.7 Å². The van der Waals surface area contributed by atoms with E-state index in [4.69, 9.17) is 14.2 Å². The summed E-state index contributed by atoms with van der Waals surface area (Å²) in [5, 5.41) is 3.10. The van der Waals surface area contributed by atoms with Gasteiger partial charge in [0.15, 0.2) is 0 Å². The molecule has 1 N–H and O–H groups in total. The third-order valence-corrected chi connectivity index (χ3v) is 6.37. The van der Waals surface area contributed by atoms with Gasteiger partial charge in [-0.1, -0.05) is 37.6 Å². The maximum atomic E-state index is 13.3. The van der Waals surface area contributed by atoms with E-state index in [9.17, 15) is 9.59 Å². The molecule has 1 aromatic carbocycles. The second-order valence-electron chi connectivity index (χ2n) is 10.1. The highest BCUT2D eigenvalue weighted by molar-refractivity contribution is 5.80. The molecule has 0 bridgehead atoms. The standard InChI is InChI=1S/C27H42N2O5/c1-9-11-20-17-22(30)29(18-19-12-14-21(32-7)15-13-19)23(20)24(27(6,33-8)16-10-2)28-25(31)34-26(3,4)5/h9,11-15,20,23-24H,10,16-18H2,1-8H3,(H,28,31)/b11-9-/t20-,23-,24-,27?/m1/s1. The smallest absolute Gasteiger partial charge is 0.408 e. The zero-order valence-electron chi connectivity index (χ0n) is 22.0. The third kappa shape index (κ3) is 6.98. The molecule has 1 heterocycles. The first-order chi connectivity index (χ1) is 16.0. The molecule has 0 aromatic heterocycles. The van der Waals surface area contributed by atoms with Crippen LogP contribution in [0.1, 0.15) is 66.4 Å². The summed E-state index contributed by atoms with van der Waals surface area (Å²) in [6.45, 7) is 12.0. The number of benzene rings is 1. The SMILES string of the molecule is C/C=C\[C@@H]1CC(=O)N(Cc2ccc(OC)cc2)[C@H]1[C@@H](NC(=O)OC(C)(C)C)C(C)(CCC)OC. The van der Waals surface area contributed by atoms with Crippen molar-refractivity contribution in [1.82, 2.24) is 10.2 Å². The molecule has 34 heavy (non-hydrogen) atoms. The topological polar surface area (TPSA) is 77.1 Å². The molecule has 0 aliphatic carbocycles. The first kappa shape index (κ1) is 27.7. The average Bonchev–Trinajstić information content (AvgIpc) is 3.06. The van der Waals surface area contributed by atoms with Crippen molar-refractivity contribution in [3.8, 4) is 5.75 Å². The number of allylic oxidation sites excluding steroid dienone is 1. The fourth-order valence-corrected chi connectivity index (χ4v) is 4.73. The molecule has 4 atom stereocenters. The fourth-order valence-electron chi connectivity index (χ4n) is 4.73. The first-order valence-corrected chi connectivity index (χ1v) is 12.1. The third-order valence-electron chi connectivity index (χ3n) is 6.37. The molecule has 7 heteroatoms. The lowest BCUT2D eigenvalue weighted by Gasteiger charge is -2.44. The van der Waals surface area contributed by atoms with E-state index in [1.54, 1.807) is 14.2 Å². The summed E-state index contributed by atoms with van der Waals surface area (Å²) < 4.78 is 16.9. The zero-order valence-corrected chi connectivity index (χ0v) is 22.0. The Bertz CT molecular complexity index is 846. The molecule has 1 aliphatic rings. The first-order valence-electron chi connectivity index (χ1n) is 12.1. The summed E-state index contributed by atoms with van der Waals surface area (Å²) in [6, 6.07) is 6.93. The van der Waals surface area contributed by atoms with Crippen LogP contribution in [0, 0.1) is 5.92 Å². The highest BCUT2D eigenvalue weighted by atomic mass is 16.6. The Morgan fingerprint density at radius 2 is 1.85 bits per heavy atom. The average molecular weight is 475 g/mol. The Morgan fingerprint density at radius 3 is 2.35 bits per heavy atom. The van der Waals surface area contributed by atoms with Gasteiger partial charge in [-0.15, -0.1) is 0 Å². The van der Waals surface area contributed by atoms with Crippen LogP contribution in [-0.4, -0.2) is 54.4 Å². The van der Waals surface area contributed by atoms with E-state index in [-0.39, 0.29) is 17.9 Å². The monoisotopic (exact) mass is 474 g/mol. The van der Waals surface area contributed by atoms with Gasteiger partial charge in [-0.3, -0.25) is 4.79 Å². The Balaban J connectivity index is 2.49. The number of nitrogens with one attached hydrogen (secondary N) is 1. The molecule has 1 saturated heterocycles. The maximum absolute atomic E-state index is 13.3. The number of rotatable bonds is 10. The van der Waals surface area contributed by atoms with Crippen molar-refractivity contribution in [2.45, 2.75) is 90.6 Å². The van der Waals surface area contributed by atoms with Crippen molar-refractivity contribution < 1.29 is 23.8 Å². The molecular weight excluding hydrogens is 432 g/mol. The molecule has 1 unspecified atom stereocenters. The Kier molecular flexibility index (Phi) is 9.56. The molecule has 1 aliphatic heterocycles. The quantitative estimate of drug-likeness (QED) is 0.478. The minimum Gasteiger partial charge on any atom is -0.497 e. The number of amides is 2.